The highest BCUT2D eigenvalue weighted by molar-refractivity contribution is 5.87. The summed E-state index contributed by atoms with van der Waals surface area (Å²) in [4.78, 5) is 23.0. The van der Waals surface area contributed by atoms with Crippen molar-refractivity contribution in [3.63, 3.8) is 0 Å². The molecular formula is C27H30N4O4. The third-order valence-corrected chi connectivity index (χ3v) is 7.60. The third kappa shape index (κ3) is 4.20. The summed E-state index contributed by atoms with van der Waals surface area (Å²) in [5, 5.41) is 4.48. The molecule has 2 aliphatic heterocycles. The predicted octanol–water partition coefficient (Wildman–Crippen LogP) is 4.82. The number of nitrogens with zero attached hydrogens (tertiary/aromatic N) is 4. The Kier molecular flexibility index (Phi) is 5.76. The molecular weight excluding hydrogens is 444 g/mol. The number of methoxy groups -OCH3 is 1. The number of carbonyl (C=O) groups is 1. The van der Waals surface area contributed by atoms with Gasteiger partial charge >= 0.3 is 5.97 Å². The maximum atomic E-state index is 11.9. The highest BCUT2D eigenvalue weighted by Gasteiger charge is 2.42. The molecule has 3 aromatic rings. The summed E-state index contributed by atoms with van der Waals surface area (Å²) in [7, 11) is 1.36. The Balaban J connectivity index is 1.18. The average molecular weight is 475 g/mol. The molecule has 1 unspecified atom stereocenters. The quantitative estimate of drug-likeness (QED) is 0.450. The third-order valence-electron chi connectivity index (χ3n) is 7.60. The van der Waals surface area contributed by atoms with Gasteiger partial charge in [0.2, 0.25) is 0 Å². The van der Waals surface area contributed by atoms with Gasteiger partial charge in [-0.05, 0) is 51.0 Å². The summed E-state index contributed by atoms with van der Waals surface area (Å²) in [5.74, 6) is 1.75. The largest absolute Gasteiger partial charge is 0.464 e. The summed E-state index contributed by atoms with van der Waals surface area (Å²) >= 11 is 0. The number of esters is 1. The Labute approximate surface area is 204 Å². The highest BCUT2D eigenvalue weighted by atomic mass is 16.5. The smallest absolute Gasteiger partial charge is 0.358 e. The van der Waals surface area contributed by atoms with Gasteiger partial charge in [-0.1, -0.05) is 29.4 Å². The lowest BCUT2D eigenvalue weighted by Crippen LogP contribution is -2.46. The van der Waals surface area contributed by atoms with Gasteiger partial charge in [0, 0.05) is 29.1 Å². The summed E-state index contributed by atoms with van der Waals surface area (Å²) in [6, 6.07) is 8.95. The number of anilines is 1. The maximum Gasteiger partial charge on any atom is 0.358 e. The van der Waals surface area contributed by atoms with Gasteiger partial charge in [-0.2, -0.15) is 0 Å². The molecule has 3 aliphatic rings. The number of ether oxygens (including phenoxy) is 2. The minimum absolute atomic E-state index is 0.159. The van der Waals surface area contributed by atoms with Gasteiger partial charge in [0.05, 0.1) is 32.2 Å². The molecule has 1 aromatic carbocycles. The molecule has 1 saturated carbocycles. The molecule has 2 saturated heterocycles. The Morgan fingerprint density at radius 3 is 2.60 bits per heavy atom. The van der Waals surface area contributed by atoms with E-state index in [9.17, 15) is 4.79 Å². The molecule has 0 amide bonds. The van der Waals surface area contributed by atoms with Crippen molar-refractivity contribution >= 4 is 11.8 Å². The average Bonchev–Trinajstić information content (AvgIpc) is 3.59. The SMILES string of the molecule is COC(=O)c1cncc(N2C3CC[C@H]2C[C@H](OCc2c(-c4ccccc4C)noc2C2CC2)C3)n1. The van der Waals surface area contributed by atoms with Gasteiger partial charge in [0.25, 0.3) is 0 Å². The number of carbonyl (C=O) groups excluding carboxylic acids is 1. The second kappa shape index (κ2) is 9.07. The lowest BCUT2D eigenvalue weighted by atomic mass is 9.98. The minimum Gasteiger partial charge on any atom is -0.464 e. The van der Waals surface area contributed by atoms with Crippen LogP contribution in [0.4, 0.5) is 5.82 Å². The number of rotatable bonds is 7. The minimum atomic E-state index is -0.463. The number of aromatic nitrogens is 3. The lowest BCUT2D eigenvalue weighted by Gasteiger charge is -2.39. The van der Waals surface area contributed by atoms with Gasteiger partial charge in [-0.3, -0.25) is 4.98 Å². The lowest BCUT2D eigenvalue weighted by molar-refractivity contribution is 0.0145. The van der Waals surface area contributed by atoms with E-state index in [1.54, 1.807) is 6.20 Å². The van der Waals surface area contributed by atoms with Crippen molar-refractivity contribution in [3.05, 3.63) is 59.2 Å². The van der Waals surface area contributed by atoms with Crippen LogP contribution in [0.2, 0.25) is 0 Å². The molecule has 8 nitrogen and oxygen atoms in total. The highest BCUT2D eigenvalue weighted by Crippen LogP contribution is 2.45. The van der Waals surface area contributed by atoms with Crippen LogP contribution >= 0.6 is 0 Å². The molecule has 0 radical (unpaired) electrons. The first-order valence-electron chi connectivity index (χ1n) is 12.5. The first kappa shape index (κ1) is 22.2. The van der Waals surface area contributed by atoms with Crippen LogP contribution in [0.1, 0.15) is 71.8 Å². The number of hydrogen-bond donors (Lipinski definition) is 0. The van der Waals surface area contributed by atoms with Crippen molar-refractivity contribution < 1.29 is 18.8 Å². The Morgan fingerprint density at radius 1 is 1.11 bits per heavy atom. The van der Waals surface area contributed by atoms with E-state index in [4.69, 9.17) is 14.0 Å². The summed E-state index contributed by atoms with van der Waals surface area (Å²) < 4.78 is 17.2. The topological polar surface area (TPSA) is 90.6 Å². The first-order valence-corrected chi connectivity index (χ1v) is 12.5. The molecule has 0 N–H and O–H groups in total. The maximum absolute atomic E-state index is 11.9. The molecule has 3 fully saturated rings. The molecule has 0 spiro atoms. The van der Waals surface area contributed by atoms with E-state index in [2.05, 4.69) is 39.1 Å². The van der Waals surface area contributed by atoms with Gasteiger partial charge in [0.15, 0.2) is 5.69 Å². The van der Waals surface area contributed by atoms with Crippen molar-refractivity contribution in [2.24, 2.45) is 0 Å². The standard InChI is InChI=1S/C27H30N4O4/c1-16-5-3-4-6-21(16)25-22(26(35-30-25)17-7-8-17)15-34-20-11-18-9-10-19(12-20)31(18)24-14-28-13-23(29-24)27(32)33-2/h3-6,13-14,17-20H,7-12,15H2,1-2H3/t18-,19?,20-/m0/s1. The fourth-order valence-corrected chi connectivity index (χ4v) is 5.70. The number of aryl methyl sites for hydroxylation is 1. The van der Waals surface area contributed by atoms with Crippen LogP contribution in [0.15, 0.2) is 41.2 Å². The second-order valence-corrected chi connectivity index (χ2v) is 9.91. The van der Waals surface area contributed by atoms with E-state index in [1.165, 1.54) is 18.9 Å². The number of piperidine rings is 1. The zero-order valence-electron chi connectivity index (χ0n) is 20.1. The van der Waals surface area contributed by atoms with E-state index in [-0.39, 0.29) is 11.8 Å². The number of fused-ring (bicyclic) bond motifs is 2. The fourth-order valence-electron chi connectivity index (χ4n) is 5.70. The molecule has 3 atom stereocenters. The molecule has 8 heteroatoms. The molecule has 6 rings (SSSR count). The molecule has 2 bridgehead atoms. The first-order chi connectivity index (χ1) is 17.1. The van der Waals surface area contributed by atoms with Crippen molar-refractivity contribution in [1.82, 2.24) is 15.1 Å². The van der Waals surface area contributed by atoms with E-state index < -0.39 is 5.97 Å². The molecule has 1 aliphatic carbocycles. The van der Waals surface area contributed by atoms with Crippen LogP contribution in [0.3, 0.4) is 0 Å². The summed E-state index contributed by atoms with van der Waals surface area (Å²) in [5.41, 5.74) is 4.56. The summed E-state index contributed by atoms with van der Waals surface area (Å²) in [6.07, 6.45) is 9.68. The van der Waals surface area contributed by atoms with Crippen LogP contribution in [0.5, 0.6) is 0 Å². The number of hydrogen-bond acceptors (Lipinski definition) is 8. The van der Waals surface area contributed by atoms with Crippen molar-refractivity contribution in [2.75, 3.05) is 12.0 Å². The zero-order chi connectivity index (χ0) is 23.9. The van der Waals surface area contributed by atoms with Gasteiger partial charge in [-0.25, -0.2) is 9.78 Å². The van der Waals surface area contributed by atoms with Gasteiger partial charge < -0.3 is 18.9 Å². The molecule has 35 heavy (non-hydrogen) atoms. The van der Waals surface area contributed by atoms with E-state index >= 15 is 0 Å². The van der Waals surface area contributed by atoms with Crippen LogP contribution in [0.25, 0.3) is 11.3 Å². The van der Waals surface area contributed by atoms with E-state index in [1.807, 2.05) is 12.1 Å². The fraction of sp³-hybridized carbons (Fsp3) is 0.481. The summed E-state index contributed by atoms with van der Waals surface area (Å²) in [6.45, 7) is 2.62. The number of benzene rings is 1. The Hall–Kier alpha value is -3.26. The molecule has 2 aromatic heterocycles. The van der Waals surface area contributed by atoms with E-state index in [0.29, 0.717) is 24.6 Å². The Bertz CT molecular complexity index is 1220. The van der Waals surface area contributed by atoms with Crippen LogP contribution < -0.4 is 4.90 Å². The second-order valence-electron chi connectivity index (χ2n) is 9.91. The van der Waals surface area contributed by atoms with Crippen LogP contribution in [-0.4, -0.2) is 46.4 Å². The predicted molar refractivity (Wildman–Crippen MR) is 129 cm³/mol. The van der Waals surface area contributed by atoms with Crippen LogP contribution in [-0.2, 0) is 16.1 Å². The van der Waals surface area contributed by atoms with Crippen molar-refractivity contribution in [2.45, 2.75) is 76.2 Å². The van der Waals surface area contributed by atoms with Gasteiger partial charge in [-0.15, -0.1) is 0 Å². The normalized spacial score (nSPS) is 23.5. The van der Waals surface area contributed by atoms with Crippen molar-refractivity contribution in [3.8, 4) is 11.3 Å². The zero-order valence-corrected chi connectivity index (χ0v) is 20.1. The monoisotopic (exact) mass is 474 g/mol. The molecule has 182 valence electrons. The molecule has 4 heterocycles. The van der Waals surface area contributed by atoms with Crippen molar-refractivity contribution in [1.29, 1.82) is 0 Å². The van der Waals surface area contributed by atoms with Gasteiger partial charge in [0.1, 0.15) is 17.3 Å². The Morgan fingerprint density at radius 2 is 1.89 bits per heavy atom. The van der Waals surface area contributed by atoms with Crippen LogP contribution in [0, 0.1) is 6.92 Å². The van der Waals surface area contributed by atoms with E-state index in [0.717, 1.165) is 66.9 Å².